The first kappa shape index (κ1) is 33.7. The van der Waals surface area contributed by atoms with Gasteiger partial charge in [-0.25, -0.2) is 14.4 Å². The van der Waals surface area contributed by atoms with Crippen LogP contribution in [0.15, 0.2) is 67.0 Å². The lowest BCUT2D eigenvalue weighted by Gasteiger charge is -2.29. The minimum atomic E-state index is -0.551. The maximum absolute atomic E-state index is 14.7. The van der Waals surface area contributed by atoms with E-state index in [-0.39, 0.29) is 29.9 Å². The van der Waals surface area contributed by atoms with Crippen LogP contribution in [0.1, 0.15) is 48.9 Å². The molecule has 2 amide bonds. The molecule has 4 aliphatic heterocycles. The lowest BCUT2D eigenvalue weighted by atomic mass is 9.85. The van der Waals surface area contributed by atoms with E-state index < -0.39 is 11.2 Å². The quantitative estimate of drug-likeness (QED) is 0.204. The summed E-state index contributed by atoms with van der Waals surface area (Å²) in [6.07, 6.45) is 7.96. The van der Waals surface area contributed by atoms with Gasteiger partial charge in [0.15, 0.2) is 17.5 Å². The molecule has 4 aliphatic rings. The van der Waals surface area contributed by atoms with Crippen molar-refractivity contribution in [1.29, 1.82) is 5.41 Å². The van der Waals surface area contributed by atoms with Crippen LogP contribution in [0.5, 0.6) is 0 Å². The zero-order valence-corrected chi connectivity index (χ0v) is 29.4. The summed E-state index contributed by atoms with van der Waals surface area (Å²) in [6, 6.07) is 16.4. The lowest BCUT2D eigenvalue weighted by Crippen LogP contribution is -2.43. The molecule has 0 radical (unpaired) electrons. The fourth-order valence-electron chi connectivity index (χ4n) is 8.08. The van der Waals surface area contributed by atoms with E-state index in [1.807, 2.05) is 35.0 Å². The fraction of sp³-hybridized carbons (Fsp3) is 0.385. The molecule has 3 saturated heterocycles. The highest BCUT2D eigenvalue weighted by molar-refractivity contribution is 6.14. The number of carbonyl (C=O) groups is 2. The summed E-state index contributed by atoms with van der Waals surface area (Å²) < 4.78 is 16.4. The molecule has 3 fully saturated rings. The first-order chi connectivity index (χ1) is 25.2. The number of aromatic nitrogens is 4. The van der Waals surface area contributed by atoms with Crippen molar-refractivity contribution < 1.29 is 14.0 Å². The number of nitrogen functional groups attached to an aromatic ring is 1. The van der Waals surface area contributed by atoms with Gasteiger partial charge in [-0.3, -0.25) is 24.6 Å². The summed E-state index contributed by atoms with van der Waals surface area (Å²) in [7, 11) is 1.85. The minimum Gasteiger partial charge on any atom is -0.398 e. The maximum atomic E-state index is 14.7. The second kappa shape index (κ2) is 13.6. The third-order valence-corrected chi connectivity index (χ3v) is 11.1. The molecule has 52 heavy (non-hydrogen) atoms. The Morgan fingerprint density at radius 3 is 2.48 bits per heavy atom. The Morgan fingerprint density at radius 1 is 0.981 bits per heavy atom. The number of rotatable bonds is 8. The molecule has 1 atom stereocenters. The van der Waals surface area contributed by atoms with Gasteiger partial charge in [-0.2, -0.15) is 5.10 Å². The Bertz CT molecular complexity index is 2070. The summed E-state index contributed by atoms with van der Waals surface area (Å²) in [6.45, 7) is 4.75. The largest absolute Gasteiger partial charge is 0.398 e. The van der Waals surface area contributed by atoms with Gasteiger partial charge in [-0.15, -0.1) is 0 Å². The summed E-state index contributed by atoms with van der Waals surface area (Å²) >= 11 is 0. The molecule has 8 rings (SSSR count). The molecule has 268 valence electrons. The van der Waals surface area contributed by atoms with Gasteiger partial charge in [0.25, 0.3) is 0 Å². The smallest absolute Gasteiger partial charge is 0.237 e. The van der Waals surface area contributed by atoms with E-state index in [1.54, 1.807) is 28.0 Å². The third-order valence-electron chi connectivity index (χ3n) is 11.1. The molecule has 2 aromatic carbocycles. The minimum absolute atomic E-state index is 0.0383. The predicted octanol–water partition coefficient (Wildman–Crippen LogP) is 4.36. The number of anilines is 3. The molecule has 6 heterocycles. The van der Waals surface area contributed by atoms with Crippen molar-refractivity contribution >= 4 is 40.3 Å². The van der Waals surface area contributed by atoms with E-state index in [0.717, 1.165) is 43.5 Å². The van der Waals surface area contributed by atoms with E-state index in [4.69, 9.17) is 11.1 Å². The molecule has 3 N–H and O–H groups in total. The monoisotopic (exact) mass is 702 g/mol. The van der Waals surface area contributed by atoms with Gasteiger partial charge in [0.2, 0.25) is 11.8 Å². The van der Waals surface area contributed by atoms with E-state index in [0.29, 0.717) is 74.0 Å². The molecule has 0 bridgehead atoms. The number of pyridine rings is 1. The first-order valence-electron chi connectivity index (χ1n) is 18.1. The number of carbonyl (C=O) groups excluding carboxylic acids is 2. The Kier molecular flexibility index (Phi) is 8.82. The topological polar surface area (TPSA) is 141 Å². The van der Waals surface area contributed by atoms with Crippen molar-refractivity contribution in [1.82, 2.24) is 29.5 Å². The molecule has 1 spiro atoms. The van der Waals surface area contributed by atoms with E-state index in [2.05, 4.69) is 38.2 Å². The van der Waals surface area contributed by atoms with Gasteiger partial charge in [-0.1, -0.05) is 30.3 Å². The van der Waals surface area contributed by atoms with Crippen molar-refractivity contribution in [3.63, 3.8) is 0 Å². The second-order valence-electron chi connectivity index (χ2n) is 14.4. The number of nitrogens with two attached hydrogens (primary N) is 1. The molecular formula is C39H43FN10O2. The van der Waals surface area contributed by atoms with Gasteiger partial charge in [-0.05, 0) is 80.1 Å². The van der Waals surface area contributed by atoms with E-state index in [1.165, 1.54) is 17.7 Å². The molecule has 2 aromatic heterocycles. The van der Waals surface area contributed by atoms with Gasteiger partial charge in [0, 0.05) is 68.8 Å². The average Bonchev–Trinajstić information content (AvgIpc) is 3.99. The molecule has 0 aliphatic carbocycles. The predicted molar refractivity (Wildman–Crippen MR) is 199 cm³/mol. The molecule has 0 saturated carbocycles. The number of nitrogens with zero attached hydrogens (tertiary/aromatic N) is 8. The summed E-state index contributed by atoms with van der Waals surface area (Å²) in [5, 5.41) is 13.3. The maximum Gasteiger partial charge on any atom is 0.237 e. The van der Waals surface area contributed by atoms with Crippen LogP contribution in [0.25, 0.3) is 17.0 Å². The lowest BCUT2D eigenvalue weighted by molar-refractivity contribution is -0.132. The van der Waals surface area contributed by atoms with Gasteiger partial charge < -0.3 is 20.4 Å². The highest BCUT2D eigenvalue weighted by Crippen LogP contribution is 2.43. The Hall–Kier alpha value is -5.43. The highest BCUT2D eigenvalue weighted by atomic mass is 19.1. The van der Waals surface area contributed by atoms with Crippen molar-refractivity contribution in [2.24, 2.45) is 12.5 Å². The standard InChI is InChI=1S/C39H43FN10O2/c1-46-25-43-36(45-46)28-6-4-26(5-7-28)27-12-18-48(19-13-27)34(51)23-47-20-14-39(24-47)15-21-50(38(39)52)29-8-10-32(41)30(22-29)35(42)33-11-9-31(40)37(44-33)49-16-2-3-17-49/h4-12,22,25,42H,2-3,13-21,23-24,41H2,1H3/t39-/m0/s1. The van der Waals surface area contributed by atoms with Crippen LogP contribution in [0.2, 0.25) is 0 Å². The van der Waals surface area contributed by atoms with Gasteiger partial charge in [0.1, 0.15) is 6.33 Å². The molecule has 13 heteroatoms. The first-order valence-corrected chi connectivity index (χ1v) is 18.1. The number of amides is 2. The Morgan fingerprint density at radius 2 is 1.75 bits per heavy atom. The van der Waals surface area contributed by atoms with Gasteiger partial charge >= 0.3 is 0 Å². The van der Waals surface area contributed by atoms with Crippen molar-refractivity contribution in [3.05, 3.63) is 89.6 Å². The van der Waals surface area contributed by atoms with Crippen molar-refractivity contribution in [3.8, 4) is 11.4 Å². The van der Waals surface area contributed by atoms with Crippen LogP contribution in [0.4, 0.5) is 21.6 Å². The number of nitrogens with one attached hydrogen (secondary N) is 1. The van der Waals surface area contributed by atoms with Crippen LogP contribution in [0, 0.1) is 16.6 Å². The van der Waals surface area contributed by atoms with Crippen molar-refractivity contribution in [2.75, 3.05) is 67.9 Å². The van der Waals surface area contributed by atoms with Crippen molar-refractivity contribution in [2.45, 2.75) is 32.1 Å². The van der Waals surface area contributed by atoms with Crippen LogP contribution < -0.4 is 15.5 Å². The van der Waals surface area contributed by atoms with Crippen LogP contribution >= 0.6 is 0 Å². The number of benzene rings is 2. The zero-order chi connectivity index (χ0) is 36.0. The summed E-state index contributed by atoms with van der Waals surface area (Å²) in [5.41, 5.74) is 11.1. The van der Waals surface area contributed by atoms with Gasteiger partial charge in [0.05, 0.1) is 23.4 Å². The summed E-state index contributed by atoms with van der Waals surface area (Å²) in [5.74, 6) is 0.673. The second-order valence-corrected chi connectivity index (χ2v) is 14.4. The number of aryl methyl sites for hydroxylation is 1. The van der Waals surface area contributed by atoms with Crippen LogP contribution in [-0.2, 0) is 16.6 Å². The molecule has 0 unspecified atom stereocenters. The average molecular weight is 703 g/mol. The van der Waals surface area contributed by atoms with Crippen LogP contribution in [-0.4, -0.2) is 99.4 Å². The Balaban J connectivity index is 0.888. The molecular weight excluding hydrogens is 659 g/mol. The van der Waals surface area contributed by atoms with Crippen LogP contribution in [0.3, 0.4) is 0 Å². The number of halogens is 1. The molecule has 4 aromatic rings. The third kappa shape index (κ3) is 6.33. The number of hydrogen-bond donors (Lipinski definition) is 2. The Labute approximate surface area is 302 Å². The summed E-state index contributed by atoms with van der Waals surface area (Å²) in [4.78, 5) is 44.0. The zero-order valence-electron chi connectivity index (χ0n) is 29.4. The highest BCUT2D eigenvalue weighted by Gasteiger charge is 2.51. The SMILES string of the molecule is Cn1cnc(-c2ccc(C3=CCN(C(=O)CN4CC[C@]5(CCN(c6ccc(N)c(C(=N)c7ccc(F)c(N8CCCC8)n7)c6)C5=O)C4)CC3)cc2)n1. The molecule has 12 nitrogen and oxygen atoms in total. The number of hydrogen-bond acceptors (Lipinski definition) is 9. The normalized spacial score (nSPS) is 20.7. The fourth-order valence-corrected chi connectivity index (χ4v) is 8.08. The van der Waals surface area contributed by atoms with E-state index >= 15 is 0 Å². The number of likely N-dealkylation sites (tertiary alicyclic amines) is 1. The van der Waals surface area contributed by atoms with E-state index in [9.17, 15) is 14.0 Å².